The van der Waals surface area contributed by atoms with Crippen LogP contribution in [0.5, 0.6) is 0 Å². The highest BCUT2D eigenvalue weighted by molar-refractivity contribution is 6.05. The van der Waals surface area contributed by atoms with Gasteiger partial charge in [0.1, 0.15) is 12.0 Å². The van der Waals surface area contributed by atoms with Crippen molar-refractivity contribution in [1.29, 1.82) is 0 Å². The van der Waals surface area contributed by atoms with Crippen molar-refractivity contribution in [2.75, 3.05) is 10.6 Å². The molecule has 1 aromatic heterocycles. The van der Waals surface area contributed by atoms with Gasteiger partial charge in [-0.15, -0.1) is 0 Å². The molecule has 1 amide bonds. The number of benzene rings is 1. The Morgan fingerprint density at radius 3 is 2.30 bits per heavy atom. The van der Waals surface area contributed by atoms with E-state index in [2.05, 4.69) is 16.7 Å². The van der Waals surface area contributed by atoms with Crippen LogP contribution in [-0.4, -0.2) is 11.4 Å². The summed E-state index contributed by atoms with van der Waals surface area (Å²) in [4.78, 5) is 12.6. The summed E-state index contributed by atoms with van der Waals surface area (Å²) < 4.78 is 5.29. The van der Waals surface area contributed by atoms with Crippen molar-refractivity contribution in [3.63, 3.8) is 0 Å². The van der Waals surface area contributed by atoms with Crippen molar-refractivity contribution < 1.29 is 9.21 Å². The van der Waals surface area contributed by atoms with Gasteiger partial charge in [-0.1, -0.05) is 12.1 Å². The van der Waals surface area contributed by atoms with Gasteiger partial charge in [0.15, 0.2) is 0 Å². The van der Waals surface area contributed by atoms with Gasteiger partial charge in [-0.2, -0.15) is 0 Å². The maximum absolute atomic E-state index is 12.6. The van der Waals surface area contributed by atoms with Crippen LogP contribution in [0.2, 0.25) is 0 Å². The van der Waals surface area contributed by atoms with Crippen LogP contribution in [0.1, 0.15) is 54.6 Å². The van der Waals surface area contributed by atoms with E-state index >= 15 is 0 Å². The highest BCUT2D eigenvalue weighted by Gasteiger charge is 2.51. The number of hydrogen-bond acceptors (Lipinski definition) is 4. The summed E-state index contributed by atoms with van der Waals surface area (Å²) in [5.74, 6) is 3.08. The molecule has 4 aliphatic carbocycles. The number of carbonyl (C=O) groups excluding carboxylic acids is 1. The Hall–Kier alpha value is -2.27. The molecule has 27 heavy (non-hydrogen) atoms. The van der Waals surface area contributed by atoms with E-state index in [-0.39, 0.29) is 18.0 Å². The first kappa shape index (κ1) is 16.9. The van der Waals surface area contributed by atoms with Gasteiger partial charge < -0.3 is 20.8 Å². The summed E-state index contributed by atoms with van der Waals surface area (Å²) in [6.07, 6.45) is 9.52. The molecule has 4 N–H and O–H groups in total. The maximum atomic E-state index is 12.6. The highest BCUT2D eigenvalue weighted by Crippen LogP contribution is 2.56. The van der Waals surface area contributed by atoms with E-state index in [1.54, 1.807) is 6.07 Å². The standard InChI is InChI=1S/C22H27N3O2/c23-12-18-8-17(13-27-18)21(26)24-19-3-1-2-4-20(19)25-22-9-14-5-15(10-22)7-16(6-14)11-22/h1-4,8,13-16,25H,5-7,9-12,23H2,(H,24,26). The fourth-order valence-electron chi connectivity index (χ4n) is 6.05. The Balaban J connectivity index is 1.36. The van der Waals surface area contributed by atoms with Gasteiger partial charge in [-0.25, -0.2) is 0 Å². The summed E-state index contributed by atoms with van der Waals surface area (Å²) in [7, 11) is 0. The molecular formula is C22H27N3O2. The quantitative estimate of drug-likeness (QED) is 0.735. The van der Waals surface area contributed by atoms with Crippen LogP contribution in [0, 0.1) is 17.8 Å². The largest absolute Gasteiger partial charge is 0.467 e. The zero-order valence-corrected chi connectivity index (χ0v) is 15.5. The second-order valence-electron chi connectivity index (χ2n) is 8.83. The van der Waals surface area contributed by atoms with Gasteiger partial charge >= 0.3 is 0 Å². The van der Waals surface area contributed by atoms with E-state index in [0.29, 0.717) is 11.3 Å². The van der Waals surface area contributed by atoms with Crippen molar-refractivity contribution in [2.24, 2.45) is 23.5 Å². The molecule has 5 nitrogen and oxygen atoms in total. The molecule has 0 spiro atoms. The second-order valence-corrected chi connectivity index (χ2v) is 8.83. The van der Waals surface area contributed by atoms with E-state index in [0.717, 1.165) is 29.1 Å². The third-order valence-corrected chi connectivity index (χ3v) is 6.73. The molecule has 142 valence electrons. The summed E-state index contributed by atoms with van der Waals surface area (Å²) in [6.45, 7) is 0.289. The van der Waals surface area contributed by atoms with Gasteiger partial charge in [0.2, 0.25) is 0 Å². The van der Waals surface area contributed by atoms with Gasteiger partial charge in [-0.05, 0) is 74.5 Å². The zero-order valence-electron chi connectivity index (χ0n) is 15.5. The average Bonchev–Trinajstić information content (AvgIpc) is 3.11. The number of para-hydroxylation sites is 2. The molecule has 0 aliphatic heterocycles. The lowest BCUT2D eigenvalue weighted by molar-refractivity contribution is 0.0107. The van der Waals surface area contributed by atoms with Gasteiger partial charge in [0.05, 0.1) is 23.5 Å². The SMILES string of the molecule is NCc1cc(C(=O)Nc2ccccc2NC23CC4CC(CC(C4)C2)C3)co1. The van der Waals surface area contributed by atoms with Crippen molar-refractivity contribution >= 4 is 17.3 Å². The second kappa shape index (κ2) is 6.41. The third kappa shape index (κ3) is 3.14. The van der Waals surface area contributed by atoms with Gasteiger partial charge in [0.25, 0.3) is 5.91 Å². The van der Waals surface area contributed by atoms with Crippen LogP contribution in [0.3, 0.4) is 0 Å². The molecule has 1 heterocycles. The van der Waals surface area contributed by atoms with Crippen LogP contribution in [0.25, 0.3) is 0 Å². The zero-order chi connectivity index (χ0) is 18.4. The Bertz CT molecular complexity index is 821. The van der Waals surface area contributed by atoms with Crippen LogP contribution >= 0.6 is 0 Å². The Morgan fingerprint density at radius 1 is 1.07 bits per heavy atom. The molecule has 4 saturated carbocycles. The molecule has 5 heteroatoms. The number of carbonyl (C=O) groups is 1. The summed E-state index contributed by atoms with van der Waals surface area (Å²) >= 11 is 0. The van der Waals surface area contributed by atoms with Crippen LogP contribution in [0.4, 0.5) is 11.4 Å². The van der Waals surface area contributed by atoms with Crippen LogP contribution < -0.4 is 16.4 Å². The van der Waals surface area contributed by atoms with Crippen molar-refractivity contribution in [3.8, 4) is 0 Å². The van der Waals surface area contributed by atoms with E-state index < -0.39 is 0 Å². The monoisotopic (exact) mass is 365 g/mol. The van der Waals surface area contributed by atoms with Crippen LogP contribution in [-0.2, 0) is 6.54 Å². The molecule has 0 unspecified atom stereocenters. The number of furan rings is 1. The summed E-state index contributed by atoms with van der Waals surface area (Å²) in [6, 6.07) is 9.73. The van der Waals surface area contributed by atoms with Crippen molar-refractivity contribution in [2.45, 2.75) is 50.6 Å². The van der Waals surface area contributed by atoms with Gasteiger partial charge in [0, 0.05) is 5.54 Å². The van der Waals surface area contributed by atoms with E-state index in [9.17, 15) is 4.79 Å². The average molecular weight is 365 g/mol. The molecule has 0 radical (unpaired) electrons. The van der Waals surface area contributed by atoms with E-state index in [1.165, 1.54) is 44.8 Å². The van der Waals surface area contributed by atoms with Crippen LogP contribution in [0.15, 0.2) is 41.0 Å². The smallest absolute Gasteiger partial charge is 0.258 e. The lowest BCUT2D eigenvalue weighted by atomic mass is 9.53. The fraction of sp³-hybridized carbons (Fsp3) is 0.500. The first-order valence-electron chi connectivity index (χ1n) is 10.1. The number of nitrogens with two attached hydrogens (primary N) is 1. The van der Waals surface area contributed by atoms with Crippen molar-refractivity contribution in [3.05, 3.63) is 47.9 Å². The molecule has 4 bridgehead atoms. The number of amides is 1. The number of anilines is 2. The number of nitrogens with one attached hydrogen (secondary N) is 2. The molecule has 2 aromatic rings. The minimum absolute atomic E-state index is 0.168. The predicted molar refractivity (Wildman–Crippen MR) is 106 cm³/mol. The summed E-state index contributed by atoms with van der Waals surface area (Å²) in [5.41, 5.74) is 8.13. The van der Waals surface area contributed by atoms with E-state index in [1.807, 2.05) is 18.2 Å². The lowest BCUT2D eigenvalue weighted by Crippen LogP contribution is -2.54. The predicted octanol–water partition coefficient (Wildman–Crippen LogP) is 4.37. The topological polar surface area (TPSA) is 80.3 Å². The highest BCUT2D eigenvalue weighted by atomic mass is 16.3. The molecule has 4 fully saturated rings. The maximum Gasteiger partial charge on any atom is 0.258 e. The molecule has 6 rings (SSSR count). The molecule has 0 atom stereocenters. The molecule has 4 aliphatic rings. The number of hydrogen-bond donors (Lipinski definition) is 3. The summed E-state index contributed by atoms with van der Waals surface area (Å²) in [5, 5.41) is 6.91. The van der Waals surface area contributed by atoms with Crippen molar-refractivity contribution in [1.82, 2.24) is 0 Å². The Labute approximate surface area is 159 Å². The Kier molecular flexibility index (Phi) is 4.01. The molecule has 1 aromatic carbocycles. The normalized spacial score (nSPS) is 31.1. The fourth-order valence-corrected chi connectivity index (χ4v) is 6.05. The minimum Gasteiger partial charge on any atom is -0.467 e. The van der Waals surface area contributed by atoms with Gasteiger partial charge in [-0.3, -0.25) is 4.79 Å². The van der Waals surface area contributed by atoms with E-state index in [4.69, 9.17) is 10.2 Å². The third-order valence-electron chi connectivity index (χ3n) is 6.73. The first-order chi connectivity index (χ1) is 13.1. The first-order valence-corrected chi connectivity index (χ1v) is 10.1. The number of rotatable bonds is 5. The molecular weight excluding hydrogens is 338 g/mol. The lowest BCUT2D eigenvalue weighted by Gasteiger charge is -2.57. The Morgan fingerprint density at radius 2 is 1.70 bits per heavy atom. The molecule has 0 saturated heterocycles. The minimum atomic E-state index is -0.168.